The van der Waals surface area contributed by atoms with Crippen molar-refractivity contribution in [3.05, 3.63) is 24.3 Å². The molecule has 0 amide bonds. The molecule has 0 aromatic carbocycles. The fourth-order valence-corrected chi connectivity index (χ4v) is 7.02. The third-order valence-electron chi connectivity index (χ3n) is 9.06. The highest BCUT2D eigenvalue weighted by molar-refractivity contribution is 7.47. The molecule has 0 radical (unpaired) electrons. The minimum atomic E-state index is -4.89. The van der Waals surface area contributed by atoms with E-state index < -0.39 is 90.8 Å². The molecule has 0 bridgehead atoms. The van der Waals surface area contributed by atoms with Crippen LogP contribution in [0.2, 0.25) is 0 Å². The number of allylic oxidation sites excluding steroid dienone is 2. The van der Waals surface area contributed by atoms with Crippen LogP contribution >= 0.6 is 15.6 Å². The molecule has 1 fully saturated rings. The van der Waals surface area contributed by atoms with Gasteiger partial charge in [-0.3, -0.25) is 23.2 Å². The van der Waals surface area contributed by atoms with E-state index in [9.17, 15) is 44.0 Å². The first kappa shape index (κ1) is 53.5. The van der Waals surface area contributed by atoms with E-state index in [1.165, 1.54) is 6.42 Å². The summed E-state index contributed by atoms with van der Waals surface area (Å²) >= 11 is 0. The highest BCUT2D eigenvalue weighted by Gasteiger charge is 2.35. The normalized spacial score (nSPS) is 21.8. The van der Waals surface area contributed by atoms with Crippen molar-refractivity contribution in [2.75, 3.05) is 26.4 Å². The minimum absolute atomic E-state index is 0.00183. The molecule has 8 atom stereocenters. The van der Waals surface area contributed by atoms with Crippen LogP contribution in [-0.4, -0.2) is 110 Å². The lowest BCUT2D eigenvalue weighted by atomic mass is 9.87. The Balaban J connectivity index is 2.63. The first-order chi connectivity index (χ1) is 26.9. The molecular formula is C38H70O17P2. The summed E-state index contributed by atoms with van der Waals surface area (Å²) in [6, 6.07) is 0. The van der Waals surface area contributed by atoms with Gasteiger partial charge in [0.2, 0.25) is 0 Å². The topological polar surface area (TPSA) is 265 Å². The number of phosphoric ester groups is 2. The van der Waals surface area contributed by atoms with Gasteiger partial charge in [0.15, 0.2) is 12.4 Å². The molecule has 1 heterocycles. The fraction of sp³-hybridized carbons (Fsp3) is 0.842. The number of hydrogen-bond acceptors (Lipinski definition) is 14. The second-order valence-corrected chi connectivity index (χ2v) is 17.6. The molecule has 2 unspecified atom stereocenters. The summed E-state index contributed by atoms with van der Waals surface area (Å²) in [6.07, 6.45) is 12.8. The number of unbranched alkanes of at least 4 members (excludes halogenated alkanes) is 8. The molecule has 0 aromatic heterocycles. The van der Waals surface area contributed by atoms with Gasteiger partial charge in [0.05, 0.1) is 38.1 Å². The van der Waals surface area contributed by atoms with Crippen molar-refractivity contribution < 1.29 is 81.6 Å². The van der Waals surface area contributed by atoms with Gasteiger partial charge < -0.3 is 49.3 Å². The predicted molar refractivity (Wildman–Crippen MR) is 210 cm³/mol. The SMILES string of the molecule is CCCCC[C@H](O)/C=C/[C@H]1OC(O)C[C@H](O)[C@@H]1C/C=C\CCCC(=O)OC[C@H](COP(=O)(O)OC[C@@H](O)COP(=O)(O)O)OC(=O)CCCCCCCCC(C)C. The average Bonchev–Trinajstić information content (AvgIpc) is 3.13. The Morgan fingerprint density at radius 1 is 0.789 bits per heavy atom. The van der Waals surface area contributed by atoms with Crippen molar-refractivity contribution >= 4 is 27.6 Å². The lowest BCUT2D eigenvalue weighted by Crippen LogP contribution is -2.43. The Morgan fingerprint density at radius 2 is 1.42 bits per heavy atom. The van der Waals surface area contributed by atoms with E-state index >= 15 is 0 Å². The van der Waals surface area contributed by atoms with Crippen LogP contribution in [-0.2, 0) is 46.5 Å². The summed E-state index contributed by atoms with van der Waals surface area (Å²) in [6.45, 7) is 3.50. The standard InChI is InChI=1S/C38H70O17P2/c1-4-5-12-18-30(39)22-23-35-33(34(41)24-38(44)55-35)19-14-10-11-15-20-36(42)50-27-32(54-37(43)21-16-9-7-6-8-13-17-29(2)3)28-53-57(48,49)52-26-31(40)25-51-56(45,46)47/h10,14,22-23,29-35,38-41,44H,4-9,11-13,15-21,24-28H2,1-3H3,(H,48,49)(H2,45,46,47)/b14-10-,23-22+/t30-,31-,32+,33-,34-,35+,38?/m0/s1. The van der Waals surface area contributed by atoms with Gasteiger partial charge >= 0.3 is 27.6 Å². The smallest absolute Gasteiger partial charge is 0.462 e. The molecule has 1 rings (SSSR count). The van der Waals surface area contributed by atoms with Crippen LogP contribution in [0, 0.1) is 11.8 Å². The number of ether oxygens (including phenoxy) is 3. The van der Waals surface area contributed by atoms with E-state index in [0.717, 1.165) is 51.4 Å². The summed E-state index contributed by atoms with van der Waals surface area (Å²) in [5.41, 5.74) is 0. The molecule has 0 spiro atoms. The van der Waals surface area contributed by atoms with Crippen LogP contribution in [0.4, 0.5) is 0 Å². The van der Waals surface area contributed by atoms with Gasteiger partial charge in [0.1, 0.15) is 12.7 Å². The number of esters is 2. The van der Waals surface area contributed by atoms with Gasteiger partial charge in [0, 0.05) is 25.2 Å². The summed E-state index contributed by atoms with van der Waals surface area (Å²) < 4.78 is 53.2. The van der Waals surface area contributed by atoms with Crippen molar-refractivity contribution in [1.29, 1.82) is 0 Å². The molecule has 7 N–H and O–H groups in total. The number of carbonyl (C=O) groups is 2. The third kappa shape index (κ3) is 29.3. The molecule has 0 aromatic rings. The molecular weight excluding hydrogens is 790 g/mol. The molecule has 0 aliphatic carbocycles. The van der Waals surface area contributed by atoms with E-state index in [1.807, 2.05) is 12.2 Å². The van der Waals surface area contributed by atoms with Crippen LogP contribution in [0.15, 0.2) is 24.3 Å². The van der Waals surface area contributed by atoms with Gasteiger partial charge in [-0.15, -0.1) is 0 Å². The van der Waals surface area contributed by atoms with Crippen molar-refractivity contribution in [3.8, 4) is 0 Å². The Hall–Kier alpha value is -1.56. The van der Waals surface area contributed by atoms with Gasteiger partial charge in [0.25, 0.3) is 0 Å². The highest BCUT2D eigenvalue weighted by atomic mass is 31.2. The van der Waals surface area contributed by atoms with E-state index in [0.29, 0.717) is 38.0 Å². The first-order valence-corrected chi connectivity index (χ1v) is 23.3. The second-order valence-electron chi connectivity index (χ2n) is 14.9. The van der Waals surface area contributed by atoms with Crippen molar-refractivity contribution in [2.24, 2.45) is 11.8 Å². The summed E-state index contributed by atoms with van der Waals surface area (Å²) in [4.78, 5) is 52.7. The van der Waals surface area contributed by atoms with Crippen molar-refractivity contribution in [1.82, 2.24) is 0 Å². The lowest BCUT2D eigenvalue weighted by molar-refractivity contribution is -0.199. The lowest BCUT2D eigenvalue weighted by Gasteiger charge is -2.36. The molecule has 0 saturated carbocycles. The van der Waals surface area contributed by atoms with Crippen LogP contribution in [0.5, 0.6) is 0 Å². The summed E-state index contributed by atoms with van der Waals surface area (Å²) in [5, 5.41) is 40.6. The number of aliphatic hydroxyl groups excluding tert-OH is 4. The predicted octanol–water partition coefficient (Wildman–Crippen LogP) is 5.52. The Bertz CT molecular complexity index is 1240. The second kappa shape index (κ2) is 30.5. The molecule has 1 aliphatic rings. The van der Waals surface area contributed by atoms with E-state index in [-0.39, 0.29) is 25.2 Å². The monoisotopic (exact) mass is 860 g/mol. The van der Waals surface area contributed by atoms with Gasteiger partial charge in [-0.05, 0) is 38.0 Å². The molecule has 17 nitrogen and oxygen atoms in total. The maximum Gasteiger partial charge on any atom is 0.472 e. The van der Waals surface area contributed by atoms with Crippen molar-refractivity contribution in [3.63, 3.8) is 0 Å². The zero-order valence-corrected chi connectivity index (χ0v) is 35.7. The molecule has 1 saturated heterocycles. The van der Waals surface area contributed by atoms with Crippen LogP contribution in [0.25, 0.3) is 0 Å². The van der Waals surface area contributed by atoms with Crippen LogP contribution < -0.4 is 0 Å². The van der Waals surface area contributed by atoms with Gasteiger partial charge in [-0.2, -0.15) is 0 Å². The highest BCUT2D eigenvalue weighted by Crippen LogP contribution is 2.44. The zero-order chi connectivity index (χ0) is 42.7. The van der Waals surface area contributed by atoms with Crippen LogP contribution in [0.1, 0.15) is 130 Å². The van der Waals surface area contributed by atoms with Crippen molar-refractivity contribution in [2.45, 2.75) is 167 Å². The summed E-state index contributed by atoms with van der Waals surface area (Å²) in [7, 11) is -9.76. The summed E-state index contributed by atoms with van der Waals surface area (Å²) in [5.74, 6) is -0.919. The third-order valence-corrected chi connectivity index (χ3v) is 10.5. The van der Waals surface area contributed by atoms with E-state index in [2.05, 4.69) is 29.8 Å². The molecule has 57 heavy (non-hydrogen) atoms. The number of rotatable bonds is 33. The average molecular weight is 861 g/mol. The van der Waals surface area contributed by atoms with E-state index in [4.69, 9.17) is 28.5 Å². The zero-order valence-electron chi connectivity index (χ0n) is 33.9. The number of phosphoric acid groups is 2. The Labute approximate surface area is 338 Å². The Morgan fingerprint density at radius 3 is 2.11 bits per heavy atom. The minimum Gasteiger partial charge on any atom is -0.462 e. The fourth-order valence-electron chi connectivity index (χ4n) is 5.86. The maximum atomic E-state index is 12.6. The molecule has 334 valence electrons. The molecule has 1 aliphatic heterocycles. The number of hydrogen-bond donors (Lipinski definition) is 7. The van der Waals surface area contributed by atoms with Crippen LogP contribution in [0.3, 0.4) is 0 Å². The molecule has 19 heteroatoms. The number of aliphatic hydroxyl groups is 4. The van der Waals surface area contributed by atoms with Gasteiger partial charge in [-0.25, -0.2) is 9.13 Å². The largest absolute Gasteiger partial charge is 0.472 e. The maximum absolute atomic E-state index is 12.6. The Kier molecular flexibility index (Phi) is 28.6. The quantitative estimate of drug-likeness (QED) is 0.0185. The van der Waals surface area contributed by atoms with Gasteiger partial charge in [-0.1, -0.05) is 103 Å². The van der Waals surface area contributed by atoms with E-state index in [1.54, 1.807) is 12.2 Å². The number of carbonyl (C=O) groups excluding carboxylic acids is 2. The first-order valence-electron chi connectivity index (χ1n) is 20.3.